The number of alkyl halides is 1. The molecule has 1 heterocycles. The van der Waals surface area contributed by atoms with Crippen molar-refractivity contribution in [1.29, 1.82) is 0 Å². The molecule has 0 aliphatic carbocycles. The van der Waals surface area contributed by atoms with Gasteiger partial charge in [0.05, 0.1) is 5.38 Å². The topological polar surface area (TPSA) is 12.9 Å². The molecular formula is C15H15BrClN. The lowest BCUT2D eigenvalue weighted by atomic mass is 9.96. The summed E-state index contributed by atoms with van der Waals surface area (Å²) in [5, 5.41) is -0.0632. The van der Waals surface area contributed by atoms with Gasteiger partial charge in [0.15, 0.2) is 0 Å². The van der Waals surface area contributed by atoms with Gasteiger partial charge in [0.2, 0.25) is 0 Å². The van der Waals surface area contributed by atoms with Crippen LogP contribution in [0.4, 0.5) is 0 Å². The minimum atomic E-state index is -0.0632. The van der Waals surface area contributed by atoms with Crippen LogP contribution < -0.4 is 0 Å². The van der Waals surface area contributed by atoms with Gasteiger partial charge in [-0.1, -0.05) is 41.1 Å². The van der Waals surface area contributed by atoms with Gasteiger partial charge in [0.25, 0.3) is 0 Å². The molecule has 0 fully saturated rings. The molecule has 1 nitrogen and oxygen atoms in total. The first-order valence-electron chi connectivity index (χ1n) is 5.90. The largest absolute Gasteiger partial charge is 0.261 e. The third-order valence-electron chi connectivity index (χ3n) is 3.09. The maximum absolute atomic E-state index is 6.56. The highest BCUT2D eigenvalue weighted by Gasteiger charge is 2.19. The molecule has 0 amide bonds. The van der Waals surface area contributed by atoms with E-state index in [1.54, 1.807) is 0 Å². The van der Waals surface area contributed by atoms with Crippen molar-refractivity contribution in [3.63, 3.8) is 0 Å². The Bertz CT molecular complexity index is 527. The lowest BCUT2D eigenvalue weighted by molar-refractivity contribution is 0.706. The smallest absolute Gasteiger partial charge is 0.0666 e. The molecule has 2 unspecified atom stereocenters. The van der Waals surface area contributed by atoms with Gasteiger partial charge in [0, 0.05) is 22.3 Å². The standard InChI is InChI=1S/C15H15BrClN/c1-10-9-12(6-7-13(10)16)15(17)11(2)14-5-3-4-8-18-14/h3-9,11,15H,1-2H3. The van der Waals surface area contributed by atoms with Crippen LogP contribution >= 0.6 is 27.5 Å². The van der Waals surface area contributed by atoms with Crippen LogP contribution in [0, 0.1) is 6.92 Å². The summed E-state index contributed by atoms with van der Waals surface area (Å²) >= 11 is 10.1. The zero-order valence-electron chi connectivity index (χ0n) is 10.4. The molecule has 94 valence electrons. The van der Waals surface area contributed by atoms with Crippen LogP contribution in [0.1, 0.15) is 35.0 Å². The second kappa shape index (κ2) is 5.85. The maximum atomic E-state index is 6.56. The summed E-state index contributed by atoms with van der Waals surface area (Å²) in [5.74, 6) is 0.188. The molecule has 18 heavy (non-hydrogen) atoms. The Morgan fingerprint density at radius 3 is 2.61 bits per heavy atom. The molecule has 0 N–H and O–H groups in total. The third kappa shape index (κ3) is 2.93. The Morgan fingerprint density at radius 2 is 2.00 bits per heavy atom. The summed E-state index contributed by atoms with van der Waals surface area (Å²) in [4.78, 5) is 4.37. The van der Waals surface area contributed by atoms with E-state index in [0.29, 0.717) is 0 Å². The molecule has 2 atom stereocenters. The molecule has 2 rings (SSSR count). The highest BCUT2D eigenvalue weighted by molar-refractivity contribution is 9.10. The van der Waals surface area contributed by atoms with E-state index in [9.17, 15) is 0 Å². The molecule has 0 spiro atoms. The van der Waals surface area contributed by atoms with E-state index in [2.05, 4.69) is 46.9 Å². The predicted octanol–water partition coefficient (Wildman–Crippen LogP) is 5.24. The minimum Gasteiger partial charge on any atom is -0.261 e. The van der Waals surface area contributed by atoms with E-state index < -0.39 is 0 Å². The lowest BCUT2D eigenvalue weighted by Crippen LogP contribution is -2.04. The molecule has 0 radical (unpaired) electrons. The first-order valence-corrected chi connectivity index (χ1v) is 7.13. The van der Waals surface area contributed by atoms with Gasteiger partial charge in [-0.15, -0.1) is 11.6 Å². The fourth-order valence-corrected chi connectivity index (χ4v) is 2.43. The van der Waals surface area contributed by atoms with Crippen LogP contribution in [0.2, 0.25) is 0 Å². The molecule has 0 saturated heterocycles. The van der Waals surface area contributed by atoms with Crippen molar-refractivity contribution in [2.75, 3.05) is 0 Å². The quantitative estimate of drug-likeness (QED) is 0.704. The monoisotopic (exact) mass is 323 g/mol. The van der Waals surface area contributed by atoms with Crippen molar-refractivity contribution in [1.82, 2.24) is 4.98 Å². The molecule has 1 aromatic heterocycles. The van der Waals surface area contributed by atoms with Gasteiger partial charge in [-0.3, -0.25) is 4.98 Å². The molecule has 3 heteroatoms. The minimum absolute atomic E-state index is 0.0632. The number of aromatic nitrogens is 1. The number of pyridine rings is 1. The number of nitrogens with zero attached hydrogens (tertiary/aromatic N) is 1. The van der Waals surface area contributed by atoms with E-state index in [-0.39, 0.29) is 11.3 Å². The Morgan fingerprint density at radius 1 is 1.22 bits per heavy atom. The second-order valence-corrected chi connectivity index (χ2v) is 5.78. The molecule has 0 aliphatic heterocycles. The normalized spacial score (nSPS) is 14.2. The molecule has 0 aliphatic rings. The van der Waals surface area contributed by atoms with E-state index in [0.717, 1.165) is 15.7 Å². The van der Waals surface area contributed by atoms with Crippen molar-refractivity contribution in [2.45, 2.75) is 25.1 Å². The number of rotatable bonds is 3. The van der Waals surface area contributed by atoms with Gasteiger partial charge >= 0.3 is 0 Å². The average molecular weight is 325 g/mol. The fourth-order valence-electron chi connectivity index (χ4n) is 1.92. The van der Waals surface area contributed by atoms with Crippen molar-refractivity contribution in [2.24, 2.45) is 0 Å². The molecule has 2 aromatic rings. The molecular weight excluding hydrogens is 310 g/mol. The third-order valence-corrected chi connectivity index (χ3v) is 4.61. The van der Waals surface area contributed by atoms with Gasteiger partial charge < -0.3 is 0 Å². The van der Waals surface area contributed by atoms with Crippen LogP contribution in [0.3, 0.4) is 0 Å². The molecule has 0 saturated carbocycles. The van der Waals surface area contributed by atoms with E-state index in [1.807, 2.05) is 30.5 Å². The summed E-state index contributed by atoms with van der Waals surface area (Å²) in [7, 11) is 0. The number of hydrogen-bond acceptors (Lipinski definition) is 1. The van der Waals surface area contributed by atoms with Crippen molar-refractivity contribution < 1.29 is 0 Å². The van der Waals surface area contributed by atoms with Crippen molar-refractivity contribution in [3.05, 3.63) is 63.9 Å². The Balaban J connectivity index is 2.25. The van der Waals surface area contributed by atoms with E-state index in [4.69, 9.17) is 11.6 Å². The highest BCUT2D eigenvalue weighted by Crippen LogP contribution is 2.36. The van der Waals surface area contributed by atoms with E-state index >= 15 is 0 Å². The Labute approximate surface area is 121 Å². The number of hydrogen-bond donors (Lipinski definition) is 0. The zero-order valence-corrected chi connectivity index (χ0v) is 12.7. The van der Waals surface area contributed by atoms with Crippen LogP contribution in [0.5, 0.6) is 0 Å². The zero-order chi connectivity index (χ0) is 13.1. The van der Waals surface area contributed by atoms with E-state index in [1.165, 1.54) is 5.56 Å². The van der Waals surface area contributed by atoms with Gasteiger partial charge in [-0.05, 0) is 36.2 Å². The summed E-state index contributed by atoms with van der Waals surface area (Å²) in [6.45, 7) is 4.18. The highest BCUT2D eigenvalue weighted by atomic mass is 79.9. The summed E-state index contributed by atoms with van der Waals surface area (Å²) in [5.41, 5.74) is 3.36. The van der Waals surface area contributed by atoms with Crippen LogP contribution in [-0.4, -0.2) is 4.98 Å². The first-order chi connectivity index (χ1) is 8.59. The van der Waals surface area contributed by atoms with Gasteiger partial charge in [0.1, 0.15) is 0 Å². The Kier molecular flexibility index (Phi) is 4.41. The number of halogens is 2. The lowest BCUT2D eigenvalue weighted by Gasteiger charge is -2.18. The first kappa shape index (κ1) is 13.6. The fraction of sp³-hybridized carbons (Fsp3) is 0.267. The number of aryl methyl sites for hydroxylation is 1. The second-order valence-electron chi connectivity index (χ2n) is 4.45. The number of benzene rings is 1. The summed E-state index contributed by atoms with van der Waals surface area (Å²) < 4.78 is 1.11. The van der Waals surface area contributed by atoms with Crippen molar-refractivity contribution in [3.8, 4) is 0 Å². The maximum Gasteiger partial charge on any atom is 0.0666 e. The Hall–Kier alpha value is -0.860. The van der Waals surface area contributed by atoms with Crippen LogP contribution in [0.15, 0.2) is 47.1 Å². The average Bonchev–Trinajstić information content (AvgIpc) is 2.41. The van der Waals surface area contributed by atoms with Crippen LogP contribution in [-0.2, 0) is 0 Å². The van der Waals surface area contributed by atoms with Gasteiger partial charge in [-0.2, -0.15) is 0 Å². The summed E-state index contributed by atoms with van der Waals surface area (Å²) in [6.07, 6.45) is 1.81. The molecule has 0 bridgehead atoms. The predicted molar refractivity (Wildman–Crippen MR) is 80.1 cm³/mol. The summed E-state index contributed by atoms with van der Waals surface area (Å²) in [6, 6.07) is 12.2. The van der Waals surface area contributed by atoms with Crippen LogP contribution in [0.25, 0.3) is 0 Å². The van der Waals surface area contributed by atoms with Gasteiger partial charge in [-0.25, -0.2) is 0 Å². The molecule has 1 aromatic carbocycles. The SMILES string of the molecule is Cc1cc(C(Cl)C(C)c2ccccn2)ccc1Br. The van der Waals surface area contributed by atoms with Crippen molar-refractivity contribution >= 4 is 27.5 Å².